The number of carbonyl (C=O) groups excluding carboxylic acids is 2. The molecule has 9 heteroatoms. The van der Waals surface area contributed by atoms with Crippen molar-refractivity contribution in [2.75, 3.05) is 25.4 Å². The molecule has 2 heterocycles. The summed E-state index contributed by atoms with van der Waals surface area (Å²) >= 11 is 8.09. The molecule has 2 amide bonds. The first-order valence-electron chi connectivity index (χ1n) is 16.0. The number of amides is 2. The van der Waals surface area contributed by atoms with E-state index in [1.165, 1.54) is 31.2 Å². The summed E-state index contributed by atoms with van der Waals surface area (Å²) in [7, 11) is 0. The molecular weight excluding hydrogens is 602 g/mol. The number of nitrogens with zero attached hydrogens (tertiary/aromatic N) is 5. The molecule has 0 spiro atoms. The van der Waals surface area contributed by atoms with E-state index in [1.807, 2.05) is 88.0 Å². The van der Waals surface area contributed by atoms with Crippen LogP contribution in [-0.2, 0) is 11.2 Å². The molecule has 1 aromatic heterocycles. The molecule has 1 saturated heterocycles. The summed E-state index contributed by atoms with van der Waals surface area (Å²) in [5.41, 5.74) is 3.78. The second kappa shape index (κ2) is 16.1. The van der Waals surface area contributed by atoms with Gasteiger partial charge in [0.05, 0.1) is 5.02 Å². The Labute approximate surface area is 276 Å². The van der Waals surface area contributed by atoms with Crippen LogP contribution in [0.15, 0.2) is 84.0 Å². The minimum atomic E-state index is -0.0362. The van der Waals surface area contributed by atoms with Crippen molar-refractivity contribution in [1.82, 2.24) is 24.6 Å². The van der Waals surface area contributed by atoms with Gasteiger partial charge in [-0.3, -0.25) is 14.2 Å². The molecule has 0 radical (unpaired) electrons. The molecule has 4 aromatic rings. The van der Waals surface area contributed by atoms with Crippen molar-refractivity contribution in [3.8, 4) is 17.1 Å². The summed E-state index contributed by atoms with van der Waals surface area (Å²) in [5.74, 6) is 1.58. The number of benzene rings is 3. The third-order valence-corrected chi connectivity index (χ3v) is 9.63. The molecule has 0 N–H and O–H groups in total. The maximum atomic E-state index is 13.3. The van der Waals surface area contributed by atoms with Crippen LogP contribution in [0.3, 0.4) is 0 Å². The summed E-state index contributed by atoms with van der Waals surface area (Å²) in [6.07, 6.45) is 7.16. The number of aromatic nitrogens is 3. The van der Waals surface area contributed by atoms with Crippen LogP contribution in [0.2, 0.25) is 5.02 Å². The molecule has 1 aliphatic rings. The standard InChI is InChI=1S/C36H42ClN5O2S/c1-3-4-5-7-13-28-19-21-29(22-20-28)35(44)41-24-23-40(26-27(41)2)33(43)18-12-25-45-36-39-38-34(31-16-10-11-17-32(31)37)42(36)30-14-8-6-9-15-30/h6,8-11,14-17,19-22,27H,3-5,7,12-13,18,23-26H2,1-2H3. The molecule has 1 unspecified atom stereocenters. The summed E-state index contributed by atoms with van der Waals surface area (Å²) < 4.78 is 2.02. The van der Waals surface area contributed by atoms with Gasteiger partial charge in [-0.05, 0) is 68.1 Å². The van der Waals surface area contributed by atoms with E-state index in [9.17, 15) is 9.59 Å². The van der Waals surface area contributed by atoms with Crippen molar-refractivity contribution in [1.29, 1.82) is 0 Å². The average Bonchev–Trinajstić information content (AvgIpc) is 3.49. The molecule has 7 nitrogen and oxygen atoms in total. The third-order valence-electron chi connectivity index (χ3n) is 8.29. The SMILES string of the molecule is CCCCCCc1ccc(C(=O)N2CCN(C(=O)CCCSc3nnc(-c4ccccc4Cl)n3-c3ccccc3)CC2C)cc1. The lowest BCUT2D eigenvalue weighted by Gasteiger charge is -2.40. The third kappa shape index (κ3) is 8.35. The Hall–Kier alpha value is -3.62. The van der Waals surface area contributed by atoms with Crippen molar-refractivity contribution in [2.24, 2.45) is 0 Å². The van der Waals surface area contributed by atoms with Gasteiger partial charge in [0.2, 0.25) is 5.91 Å². The number of thioether (sulfide) groups is 1. The Kier molecular flexibility index (Phi) is 11.7. The van der Waals surface area contributed by atoms with Gasteiger partial charge in [0.25, 0.3) is 5.91 Å². The number of carbonyl (C=O) groups is 2. The Bertz CT molecular complexity index is 1560. The Balaban J connectivity index is 1.12. The van der Waals surface area contributed by atoms with Crippen molar-refractivity contribution >= 4 is 35.2 Å². The van der Waals surface area contributed by atoms with Crippen LogP contribution < -0.4 is 0 Å². The lowest BCUT2D eigenvalue weighted by molar-refractivity contribution is -0.133. The Morgan fingerprint density at radius 3 is 2.38 bits per heavy atom. The number of aryl methyl sites for hydroxylation is 1. The van der Waals surface area contributed by atoms with Gasteiger partial charge >= 0.3 is 0 Å². The quantitative estimate of drug-likeness (QED) is 0.109. The smallest absolute Gasteiger partial charge is 0.254 e. The van der Waals surface area contributed by atoms with E-state index in [1.54, 1.807) is 11.8 Å². The second-order valence-corrected chi connectivity index (χ2v) is 13.1. The highest BCUT2D eigenvalue weighted by atomic mass is 35.5. The van der Waals surface area contributed by atoms with Gasteiger partial charge in [-0.1, -0.05) is 92.0 Å². The molecule has 0 bridgehead atoms. The average molecular weight is 644 g/mol. The van der Waals surface area contributed by atoms with Gasteiger partial charge in [0, 0.05) is 54.7 Å². The topological polar surface area (TPSA) is 71.3 Å². The predicted octanol–water partition coefficient (Wildman–Crippen LogP) is 7.96. The van der Waals surface area contributed by atoms with Crippen LogP contribution in [0.1, 0.15) is 68.3 Å². The first-order chi connectivity index (χ1) is 22.0. The van der Waals surface area contributed by atoms with E-state index < -0.39 is 0 Å². The fraction of sp³-hybridized carbons (Fsp3) is 0.389. The lowest BCUT2D eigenvalue weighted by Crippen LogP contribution is -2.55. The van der Waals surface area contributed by atoms with Gasteiger partial charge < -0.3 is 9.80 Å². The molecule has 1 fully saturated rings. The first-order valence-corrected chi connectivity index (χ1v) is 17.4. The van der Waals surface area contributed by atoms with E-state index in [0.29, 0.717) is 43.3 Å². The molecule has 0 aliphatic carbocycles. The molecule has 45 heavy (non-hydrogen) atoms. The zero-order valence-corrected chi connectivity index (χ0v) is 27.8. The molecular formula is C36H42ClN5O2S. The van der Waals surface area contributed by atoms with Gasteiger partial charge in [-0.2, -0.15) is 0 Å². The van der Waals surface area contributed by atoms with Gasteiger partial charge in [-0.25, -0.2) is 0 Å². The van der Waals surface area contributed by atoms with Crippen LogP contribution in [0, 0.1) is 0 Å². The fourth-order valence-corrected chi connectivity index (χ4v) is 6.87. The summed E-state index contributed by atoms with van der Waals surface area (Å²) in [4.78, 5) is 30.2. The van der Waals surface area contributed by atoms with E-state index in [0.717, 1.165) is 34.1 Å². The predicted molar refractivity (Wildman–Crippen MR) is 183 cm³/mol. The largest absolute Gasteiger partial charge is 0.339 e. The van der Waals surface area contributed by atoms with Crippen LogP contribution in [0.5, 0.6) is 0 Å². The molecule has 236 valence electrons. The monoisotopic (exact) mass is 643 g/mol. The van der Waals surface area contributed by atoms with Crippen LogP contribution in [0.4, 0.5) is 0 Å². The lowest BCUT2D eigenvalue weighted by atomic mass is 10.0. The molecule has 5 rings (SSSR count). The highest BCUT2D eigenvalue weighted by Gasteiger charge is 2.30. The highest BCUT2D eigenvalue weighted by molar-refractivity contribution is 7.99. The number of unbranched alkanes of at least 4 members (excludes halogenated alkanes) is 3. The molecule has 3 aromatic carbocycles. The van der Waals surface area contributed by atoms with Gasteiger partial charge in [0.15, 0.2) is 11.0 Å². The van der Waals surface area contributed by atoms with Gasteiger partial charge in [-0.15, -0.1) is 10.2 Å². The second-order valence-electron chi connectivity index (χ2n) is 11.6. The number of hydrogen-bond donors (Lipinski definition) is 0. The summed E-state index contributed by atoms with van der Waals surface area (Å²) in [6, 6.07) is 25.7. The zero-order chi connectivity index (χ0) is 31.6. The van der Waals surface area contributed by atoms with Crippen molar-refractivity contribution in [3.63, 3.8) is 0 Å². The first kappa shape index (κ1) is 32.8. The number of rotatable bonds is 13. The van der Waals surface area contributed by atoms with Gasteiger partial charge in [0.1, 0.15) is 0 Å². The highest BCUT2D eigenvalue weighted by Crippen LogP contribution is 2.32. The fourth-order valence-electron chi connectivity index (χ4n) is 5.76. The molecule has 1 aliphatic heterocycles. The van der Waals surface area contributed by atoms with Crippen molar-refractivity contribution in [3.05, 3.63) is 95.0 Å². The van der Waals surface area contributed by atoms with Crippen LogP contribution >= 0.6 is 23.4 Å². The van der Waals surface area contributed by atoms with E-state index in [-0.39, 0.29) is 17.9 Å². The van der Waals surface area contributed by atoms with E-state index in [4.69, 9.17) is 11.6 Å². The van der Waals surface area contributed by atoms with Crippen molar-refractivity contribution < 1.29 is 9.59 Å². The number of piperazine rings is 1. The Morgan fingerprint density at radius 2 is 1.64 bits per heavy atom. The number of hydrogen-bond acceptors (Lipinski definition) is 5. The van der Waals surface area contributed by atoms with Crippen molar-refractivity contribution in [2.45, 2.75) is 70.0 Å². The normalized spacial score (nSPS) is 15.0. The van der Waals surface area contributed by atoms with E-state index >= 15 is 0 Å². The number of halogens is 1. The summed E-state index contributed by atoms with van der Waals surface area (Å²) in [6.45, 7) is 5.91. The molecule has 0 saturated carbocycles. The summed E-state index contributed by atoms with van der Waals surface area (Å²) in [5, 5.41) is 10.3. The minimum Gasteiger partial charge on any atom is -0.339 e. The van der Waals surface area contributed by atoms with E-state index in [2.05, 4.69) is 29.3 Å². The minimum absolute atomic E-state index is 0.0362. The molecule has 1 atom stereocenters. The van der Waals surface area contributed by atoms with Crippen LogP contribution in [0.25, 0.3) is 17.1 Å². The maximum absolute atomic E-state index is 13.3. The maximum Gasteiger partial charge on any atom is 0.254 e. The Morgan fingerprint density at radius 1 is 0.889 bits per heavy atom. The number of para-hydroxylation sites is 1. The van der Waals surface area contributed by atoms with Crippen LogP contribution in [-0.4, -0.2) is 67.8 Å². The zero-order valence-electron chi connectivity index (χ0n) is 26.2.